The van der Waals surface area contributed by atoms with Crippen molar-refractivity contribution >= 4 is 26.7 Å². The minimum absolute atomic E-state index is 0.0687. The quantitative estimate of drug-likeness (QED) is 0.279. The highest BCUT2D eigenvalue weighted by atomic mass is 32.2. The first kappa shape index (κ1) is 24.5. The number of rotatable bonds is 12. The summed E-state index contributed by atoms with van der Waals surface area (Å²) >= 11 is -1.31. The first-order valence-corrected chi connectivity index (χ1v) is 12.3. The third kappa shape index (κ3) is 12.8. The van der Waals surface area contributed by atoms with Crippen LogP contribution in [0.5, 0.6) is 0 Å². The van der Waals surface area contributed by atoms with Crippen LogP contribution in [-0.4, -0.2) is 37.0 Å². The van der Waals surface area contributed by atoms with Crippen molar-refractivity contribution in [1.29, 1.82) is 0 Å². The summed E-state index contributed by atoms with van der Waals surface area (Å²) in [6, 6.07) is 0. The number of hydrogen-bond donors (Lipinski definition) is 4. The Morgan fingerprint density at radius 1 is 1.08 bits per heavy atom. The van der Waals surface area contributed by atoms with E-state index >= 15 is 0 Å². The Hall–Kier alpha value is 0.530. The summed E-state index contributed by atoms with van der Waals surface area (Å²) in [6.07, 6.45) is 1.95. The molecule has 0 aliphatic rings. The summed E-state index contributed by atoms with van der Waals surface area (Å²) in [5.41, 5.74) is 8.05. The van der Waals surface area contributed by atoms with Gasteiger partial charge in [-0.05, 0) is 40.0 Å². The van der Waals surface area contributed by atoms with Crippen LogP contribution < -0.4 is 11.0 Å². The molecule has 0 saturated heterocycles. The molecule has 0 heterocycles. The van der Waals surface area contributed by atoms with Crippen molar-refractivity contribution in [2.45, 2.75) is 64.6 Å². The van der Waals surface area contributed by atoms with E-state index in [-0.39, 0.29) is 11.5 Å². The van der Waals surface area contributed by atoms with Crippen LogP contribution in [0.1, 0.15) is 53.4 Å². The van der Waals surface area contributed by atoms with E-state index in [0.717, 1.165) is 0 Å². The number of hydrogen-bond acceptors (Lipinski definition) is 5. The molecular weight excluding hydrogens is 378 g/mol. The molecule has 0 amide bonds. The lowest BCUT2D eigenvalue weighted by Gasteiger charge is -2.31. The second-order valence-corrected chi connectivity index (χ2v) is 10.9. The smallest absolute Gasteiger partial charge is 0.400 e. The molecule has 146 valence electrons. The van der Waals surface area contributed by atoms with Gasteiger partial charge in [-0.3, -0.25) is 9.05 Å². The highest BCUT2D eigenvalue weighted by Crippen LogP contribution is 2.41. The van der Waals surface area contributed by atoms with E-state index < -0.39 is 37.9 Å². The Bertz CT molecular complexity index is 482. The lowest BCUT2D eigenvalue weighted by molar-refractivity contribution is 0.0830. The van der Waals surface area contributed by atoms with Gasteiger partial charge in [-0.25, -0.2) is 20.1 Å². The Labute approximate surface area is 146 Å². The van der Waals surface area contributed by atoms with Gasteiger partial charge < -0.3 is 14.3 Å². The van der Waals surface area contributed by atoms with Gasteiger partial charge >= 0.3 is 15.5 Å². The van der Waals surface area contributed by atoms with Crippen molar-refractivity contribution < 1.29 is 32.5 Å². The largest absolute Gasteiger partial charge is 0.616 e. The highest BCUT2D eigenvalue weighted by molar-refractivity contribution is 7.91. The molecule has 0 aromatic carbocycles. The summed E-state index contributed by atoms with van der Waals surface area (Å²) in [5.74, 6) is 0.356. The van der Waals surface area contributed by atoms with Crippen LogP contribution in [-0.2, 0) is 29.4 Å². The molecule has 0 aliphatic carbocycles. The van der Waals surface area contributed by atoms with Crippen molar-refractivity contribution in [3.63, 3.8) is 0 Å². The maximum Gasteiger partial charge on any atom is 0.400 e. The van der Waals surface area contributed by atoms with Crippen LogP contribution >= 0.6 is 15.5 Å². The molecule has 0 bridgehead atoms. The maximum absolute atomic E-state index is 12.2. The zero-order chi connectivity index (χ0) is 19.2. The van der Waals surface area contributed by atoms with Crippen molar-refractivity contribution in [1.82, 2.24) is 0 Å². The maximum atomic E-state index is 12.2. The predicted molar refractivity (Wildman–Crippen MR) is 94.7 cm³/mol. The first-order chi connectivity index (χ1) is 10.6. The lowest BCUT2D eigenvalue weighted by atomic mass is 10.0. The van der Waals surface area contributed by atoms with Crippen LogP contribution in [0.25, 0.3) is 0 Å². The average Bonchev–Trinajstić information content (AvgIpc) is 2.21. The van der Waals surface area contributed by atoms with E-state index in [9.17, 15) is 18.6 Å². The summed E-state index contributed by atoms with van der Waals surface area (Å²) < 4.78 is 44.6. The van der Waals surface area contributed by atoms with Gasteiger partial charge in [0.1, 0.15) is 17.1 Å². The standard InChI is InChI=1S/C12H30N2O7P2S/c1-5-7-12(4,21-23(14,17)18)10-24(19)9-6-8-11(2,3)20-22(13,15)16/h5-10H2,1-4H3,(H3,13,15,16)(H3,14,17,18). The third-order valence-electron chi connectivity index (χ3n) is 3.13. The molecule has 12 heteroatoms. The minimum atomic E-state index is -4.18. The Morgan fingerprint density at radius 3 is 2.00 bits per heavy atom. The van der Waals surface area contributed by atoms with Crippen molar-refractivity contribution in [3.8, 4) is 0 Å². The molecule has 0 radical (unpaired) electrons. The molecule has 4 atom stereocenters. The van der Waals surface area contributed by atoms with E-state index in [1.165, 1.54) is 0 Å². The molecular formula is C12H30N2O7P2S. The Morgan fingerprint density at radius 2 is 1.58 bits per heavy atom. The van der Waals surface area contributed by atoms with Crippen molar-refractivity contribution in [3.05, 3.63) is 0 Å². The molecule has 6 N–H and O–H groups in total. The molecule has 4 unspecified atom stereocenters. The van der Waals surface area contributed by atoms with Gasteiger partial charge in [0.2, 0.25) is 0 Å². The average molecular weight is 408 g/mol. The van der Waals surface area contributed by atoms with Gasteiger partial charge in [-0.2, -0.15) is 0 Å². The van der Waals surface area contributed by atoms with Gasteiger partial charge in [0, 0.05) is 0 Å². The SMILES string of the molecule is CCCC(C)(C[S+]([O-])CCCC(C)(C)OP(N)(=O)O)OP(N)(=O)O. The zero-order valence-corrected chi connectivity index (χ0v) is 17.2. The minimum Gasteiger partial charge on any atom is -0.616 e. The molecule has 24 heavy (non-hydrogen) atoms. The molecule has 0 aromatic heterocycles. The van der Waals surface area contributed by atoms with Gasteiger partial charge in [0.05, 0.1) is 5.60 Å². The molecule has 0 saturated carbocycles. The molecule has 9 nitrogen and oxygen atoms in total. The van der Waals surface area contributed by atoms with Crippen molar-refractivity contribution in [2.75, 3.05) is 11.5 Å². The van der Waals surface area contributed by atoms with Gasteiger partial charge in [0.15, 0.2) is 0 Å². The molecule has 0 spiro atoms. The topological polar surface area (TPSA) is 168 Å². The monoisotopic (exact) mass is 408 g/mol. The fourth-order valence-corrected chi connectivity index (χ4v) is 5.63. The lowest BCUT2D eigenvalue weighted by Crippen LogP contribution is -2.38. The van der Waals surface area contributed by atoms with Gasteiger partial charge in [0.25, 0.3) is 0 Å². The van der Waals surface area contributed by atoms with Crippen LogP contribution in [0.15, 0.2) is 0 Å². The van der Waals surface area contributed by atoms with Crippen molar-refractivity contribution in [2.24, 2.45) is 11.0 Å². The van der Waals surface area contributed by atoms with E-state index in [1.807, 2.05) is 6.92 Å². The van der Waals surface area contributed by atoms with E-state index in [2.05, 4.69) is 0 Å². The van der Waals surface area contributed by atoms with E-state index in [1.54, 1.807) is 20.8 Å². The normalized spacial score (nSPS) is 21.5. The Balaban J connectivity index is 4.52. The Kier molecular flexibility index (Phi) is 9.67. The second kappa shape index (κ2) is 9.46. The van der Waals surface area contributed by atoms with Crippen LogP contribution in [0.4, 0.5) is 0 Å². The molecule has 0 aromatic rings. The fourth-order valence-electron chi connectivity index (χ4n) is 2.46. The van der Waals surface area contributed by atoms with Gasteiger partial charge in [-0.1, -0.05) is 24.5 Å². The third-order valence-corrected chi connectivity index (χ3v) is 6.26. The van der Waals surface area contributed by atoms with Crippen LogP contribution in [0, 0.1) is 0 Å². The molecule has 0 fully saturated rings. The predicted octanol–water partition coefficient (Wildman–Crippen LogP) is 2.00. The summed E-state index contributed by atoms with van der Waals surface area (Å²) in [5, 5.41) is 0. The summed E-state index contributed by atoms with van der Waals surface area (Å²) in [6.45, 7) is 6.72. The molecule has 0 aliphatic heterocycles. The van der Waals surface area contributed by atoms with E-state index in [4.69, 9.17) is 24.9 Å². The molecule has 0 rings (SSSR count). The first-order valence-electron chi connectivity index (χ1n) is 7.57. The van der Waals surface area contributed by atoms with Crippen LogP contribution in [0.2, 0.25) is 0 Å². The highest BCUT2D eigenvalue weighted by Gasteiger charge is 2.36. The fraction of sp³-hybridized carbons (Fsp3) is 1.00. The second-order valence-electron chi connectivity index (χ2n) is 6.66. The van der Waals surface area contributed by atoms with Gasteiger partial charge in [-0.15, -0.1) is 0 Å². The summed E-state index contributed by atoms with van der Waals surface area (Å²) in [4.78, 5) is 18.3. The number of nitrogens with two attached hydrogens (primary N) is 2. The zero-order valence-electron chi connectivity index (χ0n) is 14.6. The summed E-state index contributed by atoms with van der Waals surface area (Å²) in [7, 11) is -8.26. The van der Waals surface area contributed by atoms with E-state index in [0.29, 0.717) is 25.7 Å². The van der Waals surface area contributed by atoms with Crippen LogP contribution in [0.3, 0.4) is 0 Å².